The molecule has 1 aromatic rings. The quantitative estimate of drug-likeness (QED) is 0.864. The first-order valence-electron chi connectivity index (χ1n) is 7.01. The van der Waals surface area contributed by atoms with Crippen molar-refractivity contribution in [1.82, 2.24) is 14.7 Å². The first-order chi connectivity index (χ1) is 9.54. The summed E-state index contributed by atoms with van der Waals surface area (Å²) in [5.74, 6) is 0.725. The molecule has 0 spiro atoms. The Morgan fingerprint density at radius 3 is 2.86 bits per heavy atom. The number of carbonyl (C=O) groups excluding carboxylic acids is 1. The molecule has 1 aromatic heterocycles. The third-order valence-electron chi connectivity index (χ3n) is 4.05. The van der Waals surface area contributed by atoms with Gasteiger partial charge in [-0.1, -0.05) is 0 Å². The Kier molecular flexibility index (Phi) is 4.85. The van der Waals surface area contributed by atoms with Crippen molar-refractivity contribution < 1.29 is 9.18 Å². The molecule has 1 unspecified atom stereocenters. The molecule has 8 heteroatoms. The minimum atomic E-state index is -0.668. The zero-order chi connectivity index (χ0) is 14.3. The molecule has 1 amide bonds. The van der Waals surface area contributed by atoms with Crippen molar-refractivity contribution in [1.29, 1.82) is 0 Å². The number of carbonyl (C=O) groups is 1. The molecule has 1 atom stereocenters. The molecule has 6 nitrogen and oxygen atoms in total. The molecule has 118 valence electrons. The van der Waals surface area contributed by atoms with E-state index in [9.17, 15) is 9.18 Å². The van der Waals surface area contributed by atoms with Crippen LogP contribution >= 0.6 is 12.4 Å². The molecule has 2 N–H and O–H groups in total. The minimum Gasteiger partial charge on any atom is -0.320 e. The zero-order valence-corrected chi connectivity index (χ0v) is 12.9. The van der Waals surface area contributed by atoms with Crippen LogP contribution in [0.1, 0.15) is 12.1 Å². The predicted octanol–water partition coefficient (Wildman–Crippen LogP) is 0.195. The van der Waals surface area contributed by atoms with Gasteiger partial charge in [-0.25, -0.2) is 9.07 Å². The van der Waals surface area contributed by atoms with E-state index < -0.39 is 12.2 Å². The van der Waals surface area contributed by atoms with Gasteiger partial charge in [0.15, 0.2) is 0 Å². The minimum absolute atomic E-state index is 0. The Hall–Kier alpha value is -1.18. The van der Waals surface area contributed by atoms with E-state index in [2.05, 4.69) is 10.00 Å². The maximum absolute atomic E-state index is 12.7. The highest BCUT2D eigenvalue weighted by Gasteiger charge is 2.28. The molecular formula is C13H21ClFN5O. The highest BCUT2D eigenvalue weighted by molar-refractivity contribution is 5.96. The van der Waals surface area contributed by atoms with Gasteiger partial charge >= 0.3 is 0 Å². The number of aromatic nitrogens is 2. The molecule has 0 radical (unpaired) electrons. The molecule has 1 saturated heterocycles. The van der Waals surface area contributed by atoms with E-state index in [1.165, 1.54) is 0 Å². The normalized spacial score (nSPS) is 23.3. The van der Waals surface area contributed by atoms with Gasteiger partial charge in [0.2, 0.25) is 5.91 Å². The van der Waals surface area contributed by atoms with Gasteiger partial charge in [-0.3, -0.25) is 14.6 Å². The highest BCUT2D eigenvalue weighted by atomic mass is 35.5. The smallest absolute Gasteiger partial charge is 0.244 e. The SMILES string of the molecule is CN1C(=O)C(N)CCn2nc(CCN3CC(F)C3)cc21.Cl. The molecule has 0 aliphatic carbocycles. The van der Waals surface area contributed by atoms with Gasteiger partial charge in [0, 0.05) is 45.7 Å². The van der Waals surface area contributed by atoms with Crippen LogP contribution in [0.4, 0.5) is 10.2 Å². The summed E-state index contributed by atoms with van der Waals surface area (Å²) in [6.07, 6.45) is 0.715. The number of rotatable bonds is 3. The maximum Gasteiger partial charge on any atom is 0.244 e. The lowest BCUT2D eigenvalue weighted by Crippen LogP contribution is -2.48. The summed E-state index contributed by atoms with van der Waals surface area (Å²) < 4.78 is 14.6. The fourth-order valence-electron chi connectivity index (χ4n) is 2.72. The van der Waals surface area contributed by atoms with Crippen LogP contribution < -0.4 is 10.6 Å². The Morgan fingerprint density at radius 2 is 2.19 bits per heavy atom. The molecule has 0 saturated carbocycles. The summed E-state index contributed by atoms with van der Waals surface area (Å²) in [7, 11) is 1.73. The molecule has 0 bridgehead atoms. The predicted molar refractivity (Wildman–Crippen MR) is 80.5 cm³/mol. The number of fused-ring (bicyclic) bond motifs is 1. The summed E-state index contributed by atoms with van der Waals surface area (Å²) in [6.45, 7) is 2.53. The van der Waals surface area contributed by atoms with Gasteiger partial charge in [0.1, 0.15) is 12.0 Å². The average molecular weight is 318 g/mol. The number of nitrogens with two attached hydrogens (primary N) is 1. The zero-order valence-electron chi connectivity index (χ0n) is 12.0. The van der Waals surface area contributed by atoms with Crippen LogP contribution in [-0.4, -0.2) is 59.5 Å². The van der Waals surface area contributed by atoms with Crippen molar-refractivity contribution in [2.45, 2.75) is 31.6 Å². The topological polar surface area (TPSA) is 67.4 Å². The summed E-state index contributed by atoms with van der Waals surface area (Å²) >= 11 is 0. The lowest BCUT2D eigenvalue weighted by atomic mass is 10.1. The van der Waals surface area contributed by atoms with Crippen LogP contribution in [-0.2, 0) is 17.8 Å². The molecule has 21 heavy (non-hydrogen) atoms. The summed E-state index contributed by atoms with van der Waals surface area (Å²) in [5.41, 5.74) is 6.75. The highest BCUT2D eigenvalue weighted by Crippen LogP contribution is 2.21. The Balaban J connectivity index is 0.00000161. The fraction of sp³-hybridized carbons (Fsp3) is 0.692. The summed E-state index contributed by atoms with van der Waals surface area (Å²) in [4.78, 5) is 15.6. The number of likely N-dealkylation sites (tertiary alicyclic amines) is 1. The van der Waals surface area contributed by atoms with Crippen LogP contribution in [0.2, 0.25) is 0 Å². The monoisotopic (exact) mass is 317 g/mol. The number of anilines is 1. The van der Waals surface area contributed by atoms with Gasteiger partial charge in [0.25, 0.3) is 0 Å². The molecule has 1 fully saturated rings. The van der Waals surface area contributed by atoms with E-state index in [1.807, 2.05) is 10.7 Å². The van der Waals surface area contributed by atoms with E-state index in [-0.39, 0.29) is 18.3 Å². The second-order valence-corrected chi connectivity index (χ2v) is 5.62. The third-order valence-corrected chi connectivity index (χ3v) is 4.05. The van der Waals surface area contributed by atoms with Gasteiger partial charge in [-0.05, 0) is 6.42 Å². The van der Waals surface area contributed by atoms with Crippen molar-refractivity contribution in [2.75, 3.05) is 31.6 Å². The number of nitrogens with zero attached hydrogens (tertiary/aromatic N) is 4. The van der Waals surface area contributed by atoms with Crippen LogP contribution in [0.5, 0.6) is 0 Å². The number of halogens is 2. The van der Waals surface area contributed by atoms with Gasteiger partial charge < -0.3 is 5.73 Å². The van der Waals surface area contributed by atoms with Crippen molar-refractivity contribution in [3.8, 4) is 0 Å². The number of hydrogen-bond donors (Lipinski definition) is 1. The first-order valence-corrected chi connectivity index (χ1v) is 7.01. The van der Waals surface area contributed by atoms with Crippen LogP contribution in [0, 0.1) is 0 Å². The standard InChI is InChI=1S/C13H20FN5O.ClH/c1-17-12-6-10(2-4-18-7-9(14)8-18)16-19(12)5-3-11(15)13(17)20;/h6,9,11H,2-5,7-8,15H2,1H3;1H. The van der Waals surface area contributed by atoms with E-state index in [1.54, 1.807) is 11.9 Å². The number of alkyl halides is 1. The molecular weight excluding hydrogens is 297 g/mol. The van der Waals surface area contributed by atoms with Crippen LogP contribution in [0.25, 0.3) is 0 Å². The van der Waals surface area contributed by atoms with Crippen LogP contribution in [0.15, 0.2) is 6.07 Å². The Morgan fingerprint density at radius 1 is 1.48 bits per heavy atom. The average Bonchev–Trinajstić information content (AvgIpc) is 2.77. The van der Waals surface area contributed by atoms with Crippen LogP contribution in [0.3, 0.4) is 0 Å². The lowest BCUT2D eigenvalue weighted by molar-refractivity contribution is -0.119. The third kappa shape index (κ3) is 3.20. The number of amides is 1. The largest absolute Gasteiger partial charge is 0.320 e. The van der Waals surface area contributed by atoms with Crippen molar-refractivity contribution in [2.24, 2.45) is 5.73 Å². The van der Waals surface area contributed by atoms with E-state index in [4.69, 9.17) is 5.73 Å². The second-order valence-electron chi connectivity index (χ2n) is 5.62. The first kappa shape index (κ1) is 16.2. The molecule has 3 heterocycles. The van der Waals surface area contributed by atoms with E-state index in [0.717, 1.165) is 24.5 Å². The molecule has 2 aliphatic rings. The van der Waals surface area contributed by atoms with E-state index in [0.29, 0.717) is 26.1 Å². The lowest BCUT2D eigenvalue weighted by Gasteiger charge is -2.33. The van der Waals surface area contributed by atoms with Gasteiger partial charge in [0.05, 0.1) is 11.7 Å². The molecule has 2 aliphatic heterocycles. The Labute approximate surface area is 129 Å². The number of hydrogen-bond acceptors (Lipinski definition) is 4. The molecule has 3 rings (SSSR count). The number of likely N-dealkylation sites (N-methyl/N-ethyl adjacent to an activating group) is 1. The van der Waals surface area contributed by atoms with Crippen molar-refractivity contribution in [3.63, 3.8) is 0 Å². The molecule has 0 aromatic carbocycles. The number of aryl methyl sites for hydroxylation is 1. The van der Waals surface area contributed by atoms with Gasteiger partial charge in [-0.15, -0.1) is 12.4 Å². The summed E-state index contributed by atoms with van der Waals surface area (Å²) in [6, 6.07) is 1.48. The van der Waals surface area contributed by atoms with Crippen molar-refractivity contribution in [3.05, 3.63) is 11.8 Å². The van der Waals surface area contributed by atoms with Crippen molar-refractivity contribution >= 4 is 24.1 Å². The van der Waals surface area contributed by atoms with E-state index >= 15 is 0 Å². The fourth-order valence-corrected chi connectivity index (χ4v) is 2.72. The Bertz CT molecular complexity index is 517. The summed E-state index contributed by atoms with van der Waals surface area (Å²) in [5, 5.41) is 4.53. The maximum atomic E-state index is 12.7. The second kappa shape index (κ2) is 6.29. The van der Waals surface area contributed by atoms with Gasteiger partial charge in [-0.2, -0.15) is 5.10 Å².